The Bertz CT molecular complexity index is 312. The van der Waals surface area contributed by atoms with E-state index < -0.39 is 6.10 Å². The Labute approximate surface area is 76.1 Å². The standard InChI is InChI=1S/C9H11NO3/c1-6(11)7-2-3-8-9(10-7)13-5-4-12-8/h2-3,6,11H,4-5H2,1H3. The van der Waals surface area contributed by atoms with Gasteiger partial charge in [0, 0.05) is 0 Å². The number of hydrogen-bond donors (Lipinski definition) is 1. The Morgan fingerprint density at radius 2 is 2.15 bits per heavy atom. The molecule has 0 fully saturated rings. The molecule has 0 saturated carbocycles. The van der Waals surface area contributed by atoms with Crippen LogP contribution < -0.4 is 9.47 Å². The van der Waals surface area contributed by atoms with Crippen molar-refractivity contribution in [3.8, 4) is 11.6 Å². The Morgan fingerprint density at radius 3 is 2.92 bits per heavy atom. The van der Waals surface area contributed by atoms with E-state index in [1.165, 1.54) is 0 Å². The first-order valence-electron chi connectivity index (χ1n) is 4.22. The molecule has 0 radical (unpaired) electrons. The van der Waals surface area contributed by atoms with E-state index in [0.717, 1.165) is 0 Å². The van der Waals surface area contributed by atoms with Gasteiger partial charge in [0.2, 0.25) is 0 Å². The minimum absolute atomic E-state index is 0.477. The molecule has 1 aliphatic rings. The van der Waals surface area contributed by atoms with Crippen LogP contribution in [0.25, 0.3) is 0 Å². The van der Waals surface area contributed by atoms with Crippen LogP contribution in [0.2, 0.25) is 0 Å². The van der Waals surface area contributed by atoms with Gasteiger partial charge in [0.15, 0.2) is 5.75 Å². The summed E-state index contributed by atoms with van der Waals surface area (Å²) in [5.41, 5.74) is 0.601. The van der Waals surface area contributed by atoms with Crippen molar-refractivity contribution in [1.29, 1.82) is 0 Å². The van der Waals surface area contributed by atoms with Gasteiger partial charge in [-0.2, -0.15) is 0 Å². The first-order chi connectivity index (χ1) is 6.27. The second kappa shape index (κ2) is 3.22. The van der Waals surface area contributed by atoms with Gasteiger partial charge in [0.1, 0.15) is 13.2 Å². The third-order valence-corrected chi connectivity index (χ3v) is 1.85. The molecule has 4 nitrogen and oxygen atoms in total. The summed E-state index contributed by atoms with van der Waals surface area (Å²) in [6.07, 6.45) is -0.573. The zero-order valence-electron chi connectivity index (χ0n) is 7.36. The van der Waals surface area contributed by atoms with Crippen molar-refractivity contribution in [2.24, 2.45) is 0 Å². The Balaban J connectivity index is 2.35. The number of hydrogen-bond acceptors (Lipinski definition) is 4. The molecule has 0 amide bonds. The van der Waals surface area contributed by atoms with E-state index in [2.05, 4.69) is 4.98 Å². The molecule has 13 heavy (non-hydrogen) atoms. The summed E-state index contributed by atoms with van der Waals surface area (Å²) in [5.74, 6) is 1.13. The number of fused-ring (bicyclic) bond motifs is 1. The SMILES string of the molecule is CC(O)c1ccc2c(n1)OCCO2. The van der Waals surface area contributed by atoms with Crippen molar-refractivity contribution < 1.29 is 14.6 Å². The van der Waals surface area contributed by atoms with Gasteiger partial charge in [-0.1, -0.05) is 0 Å². The summed E-state index contributed by atoms with van der Waals surface area (Å²) < 4.78 is 10.6. The topological polar surface area (TPSA) is 51.6 Å². The van der Waals surface area contributed by atoms with E-state index in [1.807, 2.05) is 0 Å². The number of nitrogens with zero attached hydrogens (tertiary/aromatic N) is 1. The van der Waals surface area contributed by atoms with Gasteiger partial charge < -0.3 is 14.6 Å². The minimum atomic E-state index is -0.573. The highest BCUT2D eigenvalue weighted by Gasteiger charge is 2.14. The van der Waals surface area contributed by atoms with Crippen LogP contribution in [0.4, 0.5) is 0 Å². The van der Waals surface area contributed by atoms with Crippen LogP contribution >= 0.6 is 0 Å². The third-order valence-electron chi connectivity index (χ3n) is 1.85. The maximum atomic E-state index is 9.27. The van der Waals surface area contributed by atoms with Crippen LogP contribution in [-0.2, 0) is 0 Å². The molecule has 2 rings (SSSR count). The lowest BCUT2D eigenvalue weighted by Crippen LogP contribution is -2.16. The first kappa shape index (κ1) is 8.31. The monoisotopic (exact) mass is 181 g/mol. The summed E-state index contributed by atoms with van der Waals surface area (Å²) in [4.78, 5) is 4.12. The van der Waals surface area contributed by atoms with E-state index in [-0.39, 0.29) is 0 Å². The van der Waals surface area contributed by atoms with Crippen molar-refractivity contribution in [1.82, 2.24) is 4.98 Å². The average Bonchev–Trinajstić information content (AvgIpc) is 2.17. The fourth-order valence-corrected chi connectivity index (χ4v) is 1.18. The highest BCUT2D eigenvalue weighted by Crippen LogP contribution is 2.28. The lowest BCUT2D eigenvalue weighted by molar-refractivity contribution is 0.158. The number of rotatable bonds is 1. The molecule has 1 unspecified atom stereocenters. The van der Waals surface area contributed by atoms with Gasteiger partial charge >= 0.3 is 0 Å². The molecular formula is C9H11NO3. The molecule has 0 aromatic carbocycles. The molecule has 0 saturated heterocycles. The zero-order chi connectivity index (χ0) is 9.26. The summed E-state index contributed by atoms with van der Waals surface area (Å²) in [6, 6.07) is 3.50. The molecule has 1 aliphatic heterocycles. The first-order valence-corrected chi connectivity index (χ1v) is 4.22. The quantitative estimate of drug-likeness (QED) is 0.699. The molecule has 1 atom stereocenters. The normalized spacial score (nSPS) is 16.8. The van der Waals surface area contributed by atoms with Crippen molar-refractivity contribution >= 4 is 0 Å². The molecule has 70 valence electrons. The third kappa shape index (κ3) is 1.58. The van der Waals surface area contributed by atoms with Crippen molar-refractivity contribution in [2.45, 2.75) is 13.0 Å². The molecule has 1 N–H and O–H groups in total. The number of aliphatic hydroxyl groups excluding tert-OH is 1. The maximum absolute atomic E-state index is 9.27. The Morgan fingerprint density at radius 1 is 1.38 bits per heavy atom. The molecule has 0 bridgehead atoms. The van der Waals surface area contributed by atoms with Gasteiger partial charge in [0.25, 0.3) is 5.88 Å². The second-order valence-corrected chi connectivity index (χ2v) is 2.91. The lowest BCUT2D eigenvalue weighted by Gasteiger charge is -2.18. The fourth-order valence-electron chi connectivity index (χ4n) is 1.18. The van der Waals surface area contributed by atoms with Crippen LogP contribution in [0.1, 0.15) is 18.7 Å². The molecule has 2 heterocycles. The Hall–Kier alpha value is -1.29. The summed E-state index contributed by atoms with van der Waals surface area (Å²) in [6.45, 7) is 2.74. The molecule has 0 spiro atoms. The summed E-state index contributed by atoms with van der Waals surface area (Å²) >= 11 is 0. The predicted molar refractivity (Wildman–Crippen MR) is 45.9 cm³/mol. The van der Waals surface area contributed by atoms with Crippen molar-refractivity contribution in [3.05, 3.63) is 17.8 Å². The van der Waals surface area contributed by atoms with Gasteiger partial charge in [-0.15, -0.1) is 0 Å². The minimum Gasteiger partial charge on any atom is -0.484 e. The molecule has 1 aromatic heterocycles. The van der Waals surface area contributed by atoms with E-state index in [0.29, 0.717) is 30.5 Å². The fraction of sp³-hybridized carbons (Fsp3) is 0.444. The zero-order valence-corrected chi connectivity index (χ0v) is 7.36. The second-order valence-electron chi connectivity index (χ2n) is 2.91. The highest BCUT2D eigenvalue weighted by molar-refractivity contribution is 5.36. The van der Waals surface area contributed by atoms with E-state index in [9.17, 15) is 5.11 Å². The summed E-state index contributed by atoms with van der Waals surface area (Å²) in [5, 5.41) is 9.27. The van der Waals surface area contributed by atoms with Gasteiger partial charge in [0.05, 0.1) is 11.8 Å². The van der Waals surface area contributed by atoms with Crippen molar-refractivity contribution in [2.75, 3.05) is 13.2 Å². The largest absolute Gasteiger partial charge is 0.484 e. The van der Waals surface area contributed by atoms with Crippen LogP contribution in [0.15, 0.2) is 12.1 Å². The van der Waals surface area contributed by atoms with E-state index >= 15 is 0 Å². The number of ether oxygens (including phenoxy) is 2. The number of aliphatic hydroxyl groups is 1. The van der Waals surface area contributed by atoms with Crippen LogP contribution in [0.3, 0.4) is 0 Å². The number of aromatic nitrogens is 1. The Kier molecular flexibility index (Phi) is 2.06. The average molecular weight is 181 g/mol. The molecule has 1 aromatic rings. The van der Waals surface area contributed by atoms with Gasteiger partial charge in [-0.25, -0.2) is 4.98 Å². The molecule has 4 heteroatoms. The van der Waals surface area contributed by atoms with E-state index in [4.69, 9.17) is 9.47 Å². The van der Waals surface area contributed by atoms with Crippen LogP contribution in [-0.4, -0.2) is 23.3 Å². The van der Waals surface area contributed by atoms with Gasteiger partial charge in [-0.3, -0.25) is 0 Å². The predicted octanol–water partition coefficient (Wildman–Crippen LogP) is 0.906. The molecular weight excluding hydrogens is 170 g/mol. The van der Waals surface area contributed by atoms with Gasteiger partial charge in [-0.05, 0) is 19.1 Å². The highest BCUT2D eigenvalue weighted by atomic mass is 16.6. The van der Waals surface area contributed by atoms with E-state index in [1.54, 1.807) is 19.1 Å². The summed E-state index contributed by atoms with van der Waals surface area (Å²) in [7, 11) is 0. The lowest BCUT2D eigenvalue weighted by atomic mass is 10.2. The van der Waals surface area contributed by atoms with Crippen LogP contribution in [0.5, 0.6) is 11.6 Å². The molecule has 0 aliphatic carbocycles. The smallest absolute Gasteiger partial charge is 0.257 e. The maximum Gasteiger partial charge on any atom is 0.257 e. The van der Waals surface area contributed by atoms with Crippen molar-refractivity contribution in [3.63, 3.8) is 0 Å². The number of pyridine rings is 1. The van der Waals surface area contributed by atoms with Crippen LogP contribution in [0, 0.1) is 0 Å².